The minimum Gasteiger partial charge on any atom is -0.512 e. The minimum atomic E-state index is -0.432. The van der Waals surface area contributed by atoms with Crippen molar-refractivity contribution in [1.82, 2.24) is 0 Å². The van der Waals surface area contributed by atoms with Crippen molar-refractivity contribution in [2.75, 3.05) is 6.54 Å². The van der Waals surface area contributed by atoms with Crippen LogP contribution in [0.4, 0.5) is 4.39 Å². The molecule has 0 aromatic heterocycles. The number of benzene rings is 2. The molecule has 1 aliphatic heterocycles. The fourth-order valence-electron chi connectivity index (χ4n) is 4.24. The van der Waals surface area contributed by atoms with Gasteiger partial charge in [0.05, 0.1) is 12.1 Å². The third-order valence-corrected chi connectivity index (χ3v) is 5.74. The van der Waals surface area contributed by atoms with Gasteiger partial charge in [-0.25, -0.2) is 4.39 Å². The van der Waals surface area contributed by atoms with E-state index in [9.17, 15) is 14.3 Å². The molecule has 5 heteroatoms. The normalized spacial score (nSPS) is 23.1. The van der Waals surface area contributed by atoms with E-state index in [1.165, 1.54) is 11.6 Å². The monoisotopic (exact) mass is 372 g/mol. The second-order valence-electron chi connectivity index (χ2n) is 6.97. The second-order valence-corrected chi connectivity index (χ2v) is 7.38. The number of carbonyl (C=O) groups excluding carboxylic acids is 1. The molecule has 2 aromatic rings. The Hall–Kier alpha value is -2.17. The SMILES string of the molecule is O=C1C[C@@H](c2c(F)cccc2Cl)CC(O)=C1[C@H]1[NH2+]CCc2ccccc21. The predicted molar refractivity (Wildman–Crippen MR) is 97.7 cm³/mol. The van der Waals surface area contributed by atoms with E-state index in [2.05, 4.69) is 11.4 Å². The van der Waals surface area contributed by atoms with Gasteiger partial charge in [-0.15, -0.1) is 0 Å². The summed E-state index contributed by atoms with van der Waals surface area (Å²) in [5.41, 5.74) is 3.07. The molecule has 0 unspecified atom stereocenters. The number of aliphatic hydroxyl groups is 1. The van der Waals surface area contributed by atoms with Crippen LogP contribution in [0, 0.1) is 5.82 Å². The van der Waals surface area contributed by atoms with Crippen LogP contribution in [0.15, 0.2) is 53.8 Å². The van der Waals surface area contributed by atoms with Crippen LogP contribution in [0.25, 0.3) is 0 Å². The highest BCUT2D eigenvalue weighted by atomic mass is 35.5. The highest BCUT2D eigenvalue weighted by Crippen LogP contribution is 2.41. The molecular formula is C21H20ClFNO2+. The molecule has 2 atom stereocenters. The first-order chi connectivity index (χ1) is 12.6. The van der Waals surface area contributed by atoms with Crippen LogP contribution in [0.5, 0.6) is 0 Å². The van der Waals surface area contributed by atoms with E-state index in [1.807, 2.05) is 18.2 Å². The van der Waals surface area contributed by atoms with E-state index in [-0.39, 0.29) is 30.4 Å². The second kappa shape index (κ2) is 6.86. The van der Waals surface area contributed by atoms with Gasteiger partial charge in [0.2, 0.25) is 0 Å². The van der Waals surface area contributed by atoms with E-state index >= 15 is 0 Å². The van der Waals surface area contributed by atoms with Crippen molar-refractivity contribution in [3.8, 4) is 0 Å². The van der Waals surface area contributed by atoms with Gasteiger partial charge in [0.1, 0.15) is 17.6 Å². The van der Waals surface area contributed by atoms with Gasteiger partial charge in [-0.3, -0.25) is 4.79 Å². The van der Waals surface area contributed by atoms with Crippen molar-refractivity contribution in [2.45, 2.75) is 31.2 Å². The van der Waals surface area contributed by atoms with Gasteiger partial charge in [-0.2, -0.15) is 0 Å². The number of halogens is 2. The molecule has 134 valence electrons. The van der Waals surface area contributed by atoms with Gasteiger partial charge in [-0.05, 0) is 17.7 Å². The molecule has 0 bridgehead atoms. The van der Waals surface area contributed by atoms with Crippen LogP contribution in [-0.2, 0) is 11.2 Å². The molecule has 0 saturated heterocycles. The van der Waals surface area contributed by atoms with Crippen LogP contribution in [-0.4, -0.2) is 17.4 Å². The van der Waals surface area contributed by atoms with Crippen molar-refractivity contribution in [2.24, 2.45) is 0 Å². The zero-order valence-electron chi connectivity index (χ0n) is 14.2. The van der Waals surface area contributed by atoms with Gasteiger partial charge >= 0.3 is 0 Å². The zero-order chi connectivity index (χ0) is 18.3. The summed E-state index contributed by atoms with van der Waals surface area (Å²) in [5, 5.41) is 13.1. The van der Waals surface area contributed by atoms with Gasteiger partial charge in [0.25, 0.3) is 0 Å². The number of rotatable bonds is 2. The number of fused-ring (bicyclic) bond motifs is 1. The van der Waals surface area contributed by atoms with E-state index in [1.54, 1.807) is 12.1 Å². The van der Waals surface area contributed by atoms with E-state index in [0.29, 0.717) is 16.2 Å². The first-order valence-electron chi connectivity index (χ1n) is 8.86. The lowest BCUT2D eigenvalue weighted by molar-refractivity contribution is -0.690. The van der Waals surface area contributed by atoms with E-state index < -0.39 is 11.7 Å². The maximum absolute atomic E-state index is 14.2. The molecule has 3 nitrogen and oxygen atoms in total. The summed E-state index contributed by atoms with van der Waals surface area (Å²) in [6.07, 6.45) is 1.34. The Bertz CT molecular complexity index is 888. The largest absolute Gasteiger partial charge is 0.512 e. The molecule has 0 amide bonds. The van der Waals surface area contributed by atoms with Crippen LogP contribution in [0.3, 0.4) is 0 Å². The Morgan fingerprint density at radius 2 is 1.92 bits per heavy atom. The number of carbonyl (C=O) groups is 1. The lowest BCUT2D eigenvalue weighted by Crippen LogP contribution is -2.87. The summed E-state index contributed by atoms with van der Waals surface area (Å²) in [5.74, 6) is -0.931. The molecule has 4 rings (SSSR count). The fourth-order valence-corrected chi connectivity index (χ4v) is 4.56. The Kier molecular flexibility index (Phi) is 4.55. The quantitative estimate of drug-likeness (QED) is 0.846. The number of aliphatic hydroxyl groups excluding tert-OH is 1. The summed E-state index contributed by atoms with van der Waals surface area (Å²) < 4.78 is 14.2. The van der Waals surface area contributed by atoms with Gasteiger partial charge in [-0.1, -0.05) is 41.9 Å². The highest BCUT2D eigenvalue weighted by Gasteiger charge is 2.38. The molecule has 1 aliphatic carbocycles. The number of nitrogens with two attached hydrogens (primary N) is 1. The van der Waals surface area contributed by atoms with E-state index in [4.69, 9.17) is 11.6 Å². The van der Waals surface area contributed by atoms with Crippen molar-refractivity contribution >= 4 is 17.4 Å². The maximum atomic E-state index is 14.2. The summed E-state index contributed by atoms with van der Waals surface area (Å²) in [6, 6.07) is 12.3. The molecule has 0 fully saturated rings. The zero-order valence-corrected chi connectivity index (χ0v) is 15.0. The molecule has 3 N–H and O–H groups in total. The topological polar surface area (TPSA) is 53.9 Å². The van der Waals surface area contributed by atoms with Crippen LogP contribution >= 0.6 is 11.6 Å². The average Bonchev–Trinajstić information content (AvgIpc) is 2.61. The lowest BCUT2D eigenvalue weighted by Gasteiger charge is -2.30. The Balaban J connectivity index is 1.71. The van der Waals surface area contributed by atoms with E-state index in [0.717, 1.165) is 18.5 Å². The van der Waals surface area contributed by atoms with Crippen LogP contribution in [0.1, 0.15) is 41.5 Å². The molecular weight excluding hydrogens is 353 g/mol. The molecule has 0 saturated carbocycles. The van der Waals surface area contributed by atoms with Crippen LogP contribution < -0.4 is 5.32 Å². The van der Waals surface area contributed by atoms with Crippen molar-refractivity contribution < 1.29 is 19.6 Å². The molecule has 1 heterocycles. The lowest BCUT2D eigenvalue weighted by atomic mass is 9.77. The Morgan fingerprint density at radius 3 is 2.69 bits per heavy atom. The van der Waals surface area contributed by atoms with Crippen LogP contribution in [0.2, 0.25) is 5.02 Å². The van der Waals surface area contributed by atoms with Crippen molar-refractivity contribution in [3.05, 3.63) is 81.3 Å². The molecule has 0 spiro atoms. The Labute approximate surface area is 156 Å². The predicted octanol–water partition coefficient (Wildman–Crippen LogP) is 3.60. The summed E-state index contributed by atoms with van der Waals surface area (Å²) in [7, 11) is 0. The number of ketones is 1. The summed E-state index contributed by atoms with van der Waals surface area (Å²) in [6.45, 7) is 0.869. The summed E-state index contributed by atoms with van der Waals surface area (Å²) in [4.78, 5) is 12.9. The standard InChI is InChI=1S/C21H19ClFNO2/c22-15-6-3-7-16(23)19(15)13-10-17(25)20(18(26)11-13)21-14-5-2-1-4-12(14)8-9-24-21/h1-7,13,21,24-25H,8-11H2/p+1/t13-,21-/m0/s1. The first-order valence-corrected chi connectivity index (χ1v) is 9.24. The average molecular weight is 373 g/mol. The maximum Gasteiger partial charge on any atom is 0.169 e. The third-order valence-electron chi connectivity index (χ3n) is 5.41. The fraction of sp³-hybridized carbons (Fsp3) is 0.286. The molecule has 0 radical (unpaired) electrons. The third kappa shape index (κ3) is 2.93. The van der Waals surface area contributed by atoms with Gasteiger partial charge < -0.3 is 10.4 Å². The Morgan fingerprint density at radius 1 is 1.12 bits per heavy atom. The molecule has 2 aliphatic rings. The number of allylic oxidation sites excluding steroid dienone is 1. The number of quaternary nitrogens is 1. The minimum absolute atomic E-state index is 0.0588. The highest BCUT2D eigenvalue weighted by molar-refractivity contribution is 6.31. The smallest absolute Gasteiger partial charge is 0.169 e. The molecule has 26 heavy (non-hydrogen) atoms. The van der Waals surface area contributed by atoms with Crippen molar-refractivity contribution in [3.63, 3.8) is 0 Å². The summed E-state index contributed by atoms with van der Waals surface area (Å²) >= 11 is 6.16. The number of hydrogen-bond acceptors (Lipinski definition) is 2. The first kappa shape index (κ1) is 17.3. The van der Waals surface area contributed by atoms with Crippen molar-refractivity contribution in [1.29, 1.82) is 0 Å². The molecule has 2 aromatic carbocycles. The number of Topliss-reactive ketones (excluding diaryl/α,β-unsaturated/α-hetero) is 1. The van der Waals surface area contributed by atoms with Gasteiger partial charge in [0, 0.05) is 41.3 Å². The number of hydrogen-bond donors (Lipinski definition) is 2. The van der Waals surface area contributed by atoms with Gasteiger partial charge in [0.15, 0.2) is 5.78 Å².